The van der Waals surface area contributed by atoms with Crippen LogP contribution >= 0.6 is 0 Å². The van der Waals surface area contributed by atoms with Gasteiger partial charge in [-0.3, -0.25) is 28.9 Å². The average Bonchev–Trinajstić information content (AvgIpc) is 2.78. The highest BCUT2D eigenvalue weighted by atomic mass is 32.2. The number of non-ortho nitro benzene ring substituents is 1. The maximum Gasteiger partial charge on any atom is 0.271 e. The van der Waals surface area contributed by atoms with Gasteiger partial charge in [0.05, 0.1) is 33.6 Å². The number of nitrogens with zero attached hydrogens (tertiary/aromatic N) is 3. The number of hydrogen-bond donors (Lipinski definition) is 2. The van der Waals surface area contributed by atoms with Crippen molar-refractivity contribution in [2.24, 2.45) is 0 Å². The van der Waals surface area contributed by atoms with E-state index < -0.39 is 37.4 Å². The van der Waals surface area contributed by atoms with Crippen LogP contribution in [0.5, 0.6) is 0 Å². The Morgan fingerprint density at radius 1 is 1.06 bits per heavy atom. The zero-order valence-electron chi connectivity index (χ0n) is 18.6. The largest absolute Gasteiger partial charge is 0.325 e. The lowest BCUT2D eigenvalue weighted by atomic mass is 10.2. The predicted molar refractivity (Wildman–Crippen MR) is 130 cm³/mol. The number of benzene rings is 2. The maximum absolute atomic E-state index is 12.6. The van der Waals surface area contributed by atoms with Gasteiger partial charge < -0.3 is 5.32 Å². The molecule has 1 aromatic heterocycles. The zero-order valence-corrected chi connectivity index (χ0v) is 20.2. The number of nitro benzene ring substituents is 1. The monoisotopic (exact) mass is 519 g/mol. The van der Waals surface area contributed by atoms with Gasteiger partial charge in [-0.1, -0.05) is 6.07 Å². The van der Waals surface area contributed by atoms with E-state index in [0.717, 1.165) is 16.6 Å². The van der Waals surface area contributed by atoms with Crippen LogP contribution in [0.3, 0.4) is 0 Å². The molecule has 0 bridgehead atoms. The summed E-state index contributed by atoms with van der Waals surface area (Å²) in [6, 6.07) is 12.1. The van der Waals surface area contributed by atoms with E-state index in [-0.39, 0.29) is 27.6 Å². The molecular formula is C21H21N5O7S2. The third-order valence-corrected chi connectivity index (χ3v) is 7.25. The third kappa shape index (κ3) is 6.51. The number of aromatic nitrogens is 1. The molecule has 14 heteroatoms. The summed E-state index contributed by atoms with van der Waals surface area (Å²) in [5.41, 5.74) is 0.599. The number of amides is 1. The number of pyridine rings is 1. The molecule has 0 aliphatic rings. The zero-order chi connectivity index (χ0) is 25.8. The van der Waals surface area contributed by atoms with Crippen LogP contribution in [0.2, 0.25) is 0 Å². The summed E-state index contributed by atoms with van der Waals surface area (Å²) < 4.78 is 52.9. The molecule has 2 N–H and O–H groups in total. The van der Waals surface area contributed by atoms with Gasteiger partial charge in [0.15, 0.2) is 0 Å². The molecule has 0 atom stereocenters. The van der Waals surface area contributed by atoms with Crippen LogP contribution in [0.15, 0.2) is 71.9 Å². The lowest BCUT2D eigenvalue weighted by molar-refractivity contribution is -0.384. The van der Waals surface area contributed by atoms with Crippen LogP contribution in [-0.4, -0.2) is 45.5 Å². The van der Waals surface area contributed by atoms with Crippen LogP contribution in [0, 0.1) is 17.0 Å². The van der Waals surface area contributed by atoms with Crippen molar-refractivity contribution in [1.29, 1.82) is 0 Å². The fourth-order valence-corrected chi connectivity index (χ4v) is 5.00. The number of nitro groups is 1. The molecule has 0 saturated heterocycles. The molecule has 1 amide bonds. The maximum atomic E-state index is 12.6. The van der Waals surface area contributed by atoms with Gasteiger partial charge in [-0.05, 0) is 48.9 Å². The minimum absolute atomic E-state index is 0.000215. The molecule has 3 rings (SSSR count). The number of aryl methyl sites for hydroxylation is 1. The molecule has 12 nitrogen and oxygen atoms in total. The lowest BCUT2D eigenvalue weighted by Crippen LogP contribution is -2.37. The van der Waals surface area contributed by atoms with E-state index >= 15 is 0 Å². The molecule has 0 spiro atoms. The molecule has 0 radical (unpaired) electrons. The average molecular weight is 520 g/mol. The predicted octanol–water partition coefficient (Wildman–Crippen LogP) is 2.50. The van der Waals surface area contributed by atoms with E-state index in [1.807, 2.05) is 0 Å². The SMILES string of the molecule is Cc1ccc([N+](=O)[O-])cc1N(CC(=O)Nc1ccc(S(=O)(=O)Nc2cccnc2)cc1)S(C)(=O)=O. The molecule has 0 fully saturated rings. The fourth-order valence-electron chi connectivity index (χ4n) is 3.05. The second-order valence-electron chi connectivity index (χ2n) is 7.42. The number of carbonyl (C=O) groups excluding carboxylic acids is 1. The molecule has 35 heavy (non-hydrogen) atoms. The van der Waals surface area contributed by atoms with Gasteiger partial charge in [-0.2, -0.15) is 0 Å². The number of hydrogen-bond acceptors (Lipinski definition) is 8. The Morgan fingerprint density at radius 2 is 1.74 bits per heavy atom. The number of rotatable bonds is 9. The van der Waals surface area contributed by atoms with Crippen LogP contribution in [0.1, 0.15) is 5.56 Å². The standard InChI is InChI=1S/C21H21N5O7S2/c1-15-5-8-18(26(28)29)12-20(15)25(34(2,30)31)14-21(27)23-16-6-9-19(10-7-16)35(32,33)24-17-4-3-11-22-13-17/h3-13,24H,14H2,1-2H3,(H,23,27). The summed E-state index contributed by atoms with van der Waals surface area (Å²) in [5, 5.41) is 13.6. The Hall–Kier alpha value is -4.04. The van der Waals surface area contributed by atoms with E-state index in [9.17, 15) is 31.7 Å². The van der Waals surface area contributed by atoms with E-state index in [4.69, 9.17) is 0 Å². The molecule has 3 aromatic rings. The quantitative estimate of drug-likeness (QED) is 0.321. The highest BCUT2D eigenvalue weighted by Crippen LogP contribution is 2.27. The Bertz CT molecular complexity index is 1460. The summed E-state index contributed by atoms with van der Waals surface area (Å²) in [4.78, 5) is 26.8. The van der Waals surface area contributed by atoms with Gasteiger partial charge in [0.1, 0.15) is 6.54 Å². The van der Waals surface area contributed by atoms with E-state index in [0.29, 0.717) is 5.56 Å². The first-order chi connectivity index (χ1) is 16.4. The van der Waals surface area contributed by atoms with E-state index in [1.54, 1.807) is 13.0 Å². The van der Waals surface area contributed by atoms with Crippen LogP contribution in [0.4, 0.5) is 22.7 Å². The van der Waals surface area contributed by atoms with Gasteiger partial charge in [0.25, 0.3) is 15.7 Å². The topological polar surface area (TPSA) is 169 Å². The molecule has 1 heterocycles. The molecule has 0 aliphatic heterocycles. The molecule has 0 saturated carbocycles. The van der Waals surface area contributed by atoms with Crippen molar-refractivity contribution >= 4 is 48.7 Å². The Morgan fingerprint density at radius 3 is 2.31 bits per heavy atom. The second kappa shape index (κ2) is 10.1. The molecule has 0 unspecified atom stereocenters. The third-order valence-electron chi connectivity index (χ3n) is 4.72. The summed E-state index contributed by atoms with van der Waals surface area (Å²) in [5.74, 6) is -0.731. The fraction of sp³-hybridized carbons (Fsp3) is 0.143. The summed E-state index contributed by atoms with van der Waals surface area (Å²) in [6.45, 7) is 0.914. The van der Waals surface area contributed by atoms with Crippen LogP contribution < -0.4 is 14.3 Å². The van der Waals surface area contributed by atoms with E-state index in [1.165, 1.54) is 54.9 Å². The van der Waals surface area contributed by atoms with Crippen molar-refractivity contribution in [3.8, 4) is 0 Å². The van der Waals surface area contributed by atoms with Gasteiger partial charge in [-0.25, -0.2) is 16.8 Å². The first-order valence-corrected chi connectivity index (χ1v) is 13.3. The smallest absolute Gasteiger partial charge is 0.271 e. The Balaban J connectivity index is 1.76. The summed E-state index contributed by atoms with van der Waals surface area (Å²) >= 11 is 0. The lowest BCUT2D eigenvalue weighted by Gasteiger charge is -2.23. The van der Waals surface area contributed by atoms with Crippen molar-refractivity contribution < 1.29 is 26.6 Å². The molecule has 2 aromatic carbocycles. The van der Waals surface area contributed by atoms with Crippen molar-refractivity contribution in [3.05, 3.63) is 82.7 Å². The molecule has 0 aliphatic carbocycles. The summed E-state index contributed by atoms with van der Waals surface area (Å²) in [6.07, 6.45) is 3.73. The van der Waals surface area contributed by atoms with Crippen LogP contribution in [0.25, 0.3) is 0 Å². The van der Waals surface area contributed by atoms with Gasteiger partial charge in [-0.15, -0.1) is 0 Å². The number of sulfonamides is 2. The number of anilines is 3. The van der Waals surface area contributed by atoms with E-state index in [2.05, 4.69) is 15.0 Å². The van der Waals surface area contributed by atoms with Crippen molar-refractivity contribution in [1.82, 2.24) is 4.98 Å². The first-order valence-electron chi connectivity index (χ1n) is 9.92. The Labute approximate surface area is 201 Å². The normalized spacial score (nSPS) is 11.5. The molecule has 184 valence electrons. The number of carbonyl (C=O) groups is 1. The number of nitrogens with one attached hydrogen (secondary N) is 2. The Kier molecular flexibility index (Phi) is 7.36. The van der Waals surface area contributed by atoms with Crippen molar-refractivity contribution in [2.45, 2.75) is 11.8 Å². The van der Waals surface area contributed by atoms with Gasteiger partial charge in [0, 0.05) is 24.0 Å². The van der Waals surface area contributed by atoms with Crippen molar-refractivity contribution in [2.75, 3.05) is 27.1 Å². The van der Waals surface area contributed by atoms with Gasteiger partial charge in [0.2, 0.25) is 15.9 Å². The first kappa shape index (κ1) is 25.6. The highest BCUT2D eigenvalue weighted by Gasteiger charge is 2.24. The molecular weight excluding hydrogens is 498 g/mol. The summed E-state index contributed by atoms with van der Waals surface area (Å²) in [7, 11) is -7.86. The highest BCUT2D eigenvalue weighted by molar-refractivity contribution is 7.92. The minimum atomic E-state index is -3.97. The van der Waals surface area contributed by atoms with Crippen LogP contribution in [-0.2, 0) is 24.8 Å². The van der Waals surface area contributed by atoms with Crippen molar-refractivity contribution in [3.63, 3.8) is 0 Å². The second-order valence-corrected chi connectivity index (χ2v) is 11.0. The van der Waals surface area contributed by atoms with Gasteiger partial charge >= 0.3 is 0 Å². The minimum Gasteiger partial charge on any atom is -0.325 e.